The van der Waals surface area contributed by atoms with E-state index in [1.807, 2.05) is 0 Å². The van der Waals surface area contributed by atoms with Crippen LogP contribution in [-0.2, 0) is 11.0 Å². The Hall–Kier alpha value is -1.28. The van der Waals surface area contributed by atoms with Crippen LogP contribution in [0.5, 0.6) is 5.75 Å². The van der Waals surface area contributed by atoms with Gasteiger partial charge in [-0.3, -0.25) is 4.79 Å². The number of phenols is 1. The summed E-state index contributed by atoms with van der Waals surface area (Å²) in [5.74, 6) is -2.46. The number of carboxylic acids is 1. The lowest BCUT2D eigenvalue weighted by Crippen LogP contribution is -2.21. The zero-order valence-corrected chi connectivity index (χ0v) is 9.71. The standard InChI is InChI=1S/C9H7BrF3NO3/c10-5-2-3(6(14)8(16)17)1-4(7(5)15)9(11,12)13/h1-2,6,15H,14H2,(H,16,17). The van der Waals surface area contributed by atoms with Crippen molar-refractivity contribution in [1.29, 1.82) is 0 Å². The van der Waals surface area contributed by atoms with Crippen LogP contribution in [-0.4, -0.2) is 16.2 Å². The summed E-state index contributed by atoms with van der Waals surface area (Å²) in [6.45, 7) is 0. The van der Waals surface area contributed by atoms with E-state index in [0.717, 1.165) is 6.07 Å². The Morgan fingerprint density at radius 1 is 1.41 bits per heavy atom. The summed E-state index contributed by atoms with van der Waals surface area (Å²) in [7, 11) is 0. The van der Waals surface area contributed by atoms with Gasteiger partial charge in [0.15, 0.2) is 0 Å². The number of phenolic OH excluding ortho intramolecular Hbond substituents is 1. The minimum Gasteiger partial charge on any atom is -0.506 e. The van der Waals surface area contributed by atoms with Gasteiger partial charge in [0.1, 0.15) is 11.8 Å². The normalized spacial score (nSPS) is 13.5. The molecule has 0 aliphatic carbocycles. The molecule has 0 amide bonds. The molecule has 1 aromatic carbocycles. The Bertz CT molecular complexity index is 462. The summed E-state index contributed by atoms with van der Waals surface area (Å²) >= 11 is 2.71. The predicted molar refractivity (Wildman–Crippen MR) is 55.4 cm³/mol. The second kappa shape index (κ2) is 4.53. The van der Waals surface area contributed by atoms with Crippen LogP contribution in [0.3, 0.4) is 0 Å². The molecule has 0 saturated carbocycles. The van der Waals surface area contributed by atoms with Crippen molar-refractivity contribution in [2.45, 2.75) is 12.2 Å². The topological polar surface area (TPSA) is 83.6 Å². The van der Waals surface area contributed by atoms with E-state index in [1.165, 1.54) is 0 Å². The first kappa shape index (κ1) is 13.8. The van der Waals surface area contributed by atoms with Crippen molar-refractivity contribution in [3.8, 4) is 5.75 Å². The minimum absolute atomic E-state index is 0.255. The number of carbonyl (C=O) groups is 1. The molecule has 0 heterocycles. The molecule has 0 radical (unpaired) electrons. The van der Waals surface area contributed by atoms with E-state index in [4.69, 9.17) is 10.8 Å². The Labute approximate surface area is 102 Å². The highest BCUT2D eigenvalue weighted by atomic mass is 79.9. The molecule has 0 saturated heterocycles. The monoisotopic (exact) mass is 313 g/mol. The van der Waals surface area contributed by atoms with E-state index in [-0.39, 0.29) is 10.0 Å². The SMILES string of the molecule is NC(C(=O)O)c1cc(Br)c(O)c(C(F)(F)F)c1. The number of hydrogen-bond donors (Lipinski definition) is 3. The average Bonchev–Trinajstić information content (AvgIpc) is 2.18. The van der Waals surface area contributed by atoms with Gasteiger partial charge < -0.3 is 15.9 Å². The predicted octanol–water partition coefficient (Wildman–Crippen LogP) is 2.26. The van der Waals surface area contributed by atoms with Crippen LogP contribution < -0.4 is 5.73 Å². The van der Waals surface area contributed by atoms with Crippen LogP contribution in [0.2, 0.25) is 0 Å². The molecule has 1 aromatic rings. The summed E-state index contributed by atoms with van der Waals surface area (Å²) < 4.78 is 37.2. The van der Waals surface area contributed by atoms with Gasteiger partial charge in [-0.05, 0) is 33.6 Å². The number of hydrogen-bond acceptors (Lipinski definition) is 3. The van der Waals surface area contributed by atoms with Gasteiger partial charge in [-0.15, -0.1) is 0 Å². The fraction of sp³-hybridized carbons (Fsp3) is 0.222. The second-order valence-corrected chi connectivity index (χ2v) is 4.07. The van der Waals surface area contributed by atoms with Gasteiger partial charge in [-0.2, -0.15) is 13.2 Å². The quantitative estimate of drug-likeness (QED) is 0.782. The molecule has 0 aromatic heterocycles. The van der Waals surface area contributed by atoms with Crippen LogP contribution in [0.25, 0.3) is 0 Å². The minimum atomic E-state index is -4.79. The molecule has 1 atom stereocenters. The highest BCUT2D eigenvalue weighted by molar-refractivity contribution is 9.10. The number of alkyl halides is 3. The Balaban J connectivity index is 3.39. The molecule has 0 aliphatic heterocycles. The van der Waals surface area contributed by atoms with Crippen LogP contribution >= 0.6 is 15.9 Å². The lowest BCUT2D eigenvalue weighted by Gasteiger charge is -2.14. The lowest BCUT2D eigenvalue weighted by molar-refractivity contribution is -0.140. The number of benzene rings is 1. The average molecular weight is 314 g/mol. The summed E-state index contributed by atoms with van der Waals surface area (Å²) in [6.07, 6.45) is -4.79. The smallest absolute Gasteiger partial charge is 0.420 e. The first-order chi connectivity index (χ1) is 7.64. The van der Waals surface area contributed by atoms with E-state index in [1.54, 1.807) is 0 Å². The lowest BCUT2D eigenvalue weighted by atomic mass is 10.0. The van der Waals surface area contributed by atoms with Crippen LogP contribution in [0, 0.1) is 0 Å². The van der Waals surface area contributed by atoms with Crippen LogP contribution in [0.15, 0.2) is 16.6 Å². The Kier molecular flexibility index (Phi) is 3.68. The molecule has 1 rings (SSSR count). The molecule has 1 unspecified atom stereocenters. The molecule has 4 N–H and O–H groups in total. The van der Waals surface area contributed by atoms with Crippen molar-refractivity contribution in [3.63, 3.8) is 0 Å². The fourth-order valence-electron chi connectivity index (χ4n) is 1.16. The highest BCUT2D eigenvalue weighted by Crippen LogP contribution is 2.41. The maximum absolute atomic E-state index is 12.5. The van der Waals surface area contributed by atoms with Gasteiger partial charge in [0, 0.05) is 0 Å². The molecule has 0 spiro atoms. The van der Waals surface area contributed by atoms with Gasteiger partial charge in [0.25, 0.3) is 0 Å². The molecule has 8 heteroatoms. The maximum atomic E-state index is 12.5. The largest absolute Gasteiger partial charge is 0.506 e. The third kappa shape index (κ3) is 2.89. The summed E-state index contributed by atoms with van der Waals surface area (Å²) in [4.78, 5) is 10.6. The maximum Gasteiger partial charge on any atom is 0.420 e. The van der Waals surface area contributed by atoms with E-state index < -0.39 is 29.5 Å². The number of aliphatic carboxylic acids is 1. The third-order valence-electron chi connectivity index (χ3n) is 2.02. The van der Waals surface area contributed by atoms with Crippen molar-refractivity contribution in [1.82, 2.24) is 0 Å². The van der Waals surface area contributed by atoms with Gasteiger partial charge >= 0.3 is 12.1 Å². The molecular weight excluding hydrogens is 307 g/mol. The highest BCUT2D eigenvalue weighted by Gasteiger charge is 2.36. The van der Waals surface area contributed by atoms with Crippen molar-refractivity contribution in [2.24, 2.45) is 5.73 Å². The molecule has 4 nitrogen and oxygen atoms in total. The van der Waals surface area contributed by atoms with E-state index in [2.05, 4.69) is 15.9 Å². The Morgan fingerprint density at radius 3 is 2.35 bits per heavy atom. The van der Waals surface area contributed by atoms with Crippen molar-refractivity contribution >= 4 is 21.9 Å². The van der Waals surface area contributed by atoms with Crippen LogP contribution in [0.4, 0.5) is 13.2 Å². The molecule has 0 fully saturated rings. The molecule has 17 heavy (non-hydrogen) atoms. The number of carboxylic acid groups (broad SMARTS) is 1. The first-order valence-electron chi connectivity index (χ1n) is 4.22. The molecule has 0 bridgehead atoms. The van der Waals surface area contributed by atoms with Crippen molar-refractivity contribution < 1.29 is 28.2 Å². The number of nitrogens with two attached hydrogens (primary N) is 1. The Morgan fingerprint density at radius 2 is 1.94 bits per heavy atom. The van der Waals surface area contributed by atoms with Crippen LogP contribution in [0.1, 0.15) is 17.2 Å². The van der Waals surface area contributed by atoms with E-state index in [9.17, 15) is 23.1 Å². The fourth-order valence-corrected chi connectivity index (χ4v) is 1.64. The molecule has 0 aliphatic rings. The third-order valence-corrected chi connectivity index (χ3v) is 2.62. The van der Waals surface area contributed by atoms with Gasteiger partial charge in [0.05, 0.1) is 10.0 Å². The van der Waals surface area contributed by atoms with Crippen molar-refractivity contribution in [3.05, 3.63) is 27.7 Å². The summed E-state index contributed by atoms with van der Waals surface area (Å²) in [5, 5.41) is 17.8. The number of aromatic hydroxyl groups is 1. The second-order valence-electron chi connectivity index (χ2n) is 3.21. The summed E-state index contributed by atoms with van der Waals surface area (Å²) in [6, 6.07) is -0.0459. The first-order valence-corrected chi connectivity index (χ1v) is 5.02. The zero-order chi connectivity index (χ0) is 13.4. The zero-order valence-electron chi connectivity index (χ0n) is 8.12. The number of rotatable bonds is 2. The molecule has 94 valence electrons. The van der Waals surface area contributed by atoms with Gasteiger partial charge in [0.2, 0.25) is 0 Å². The summed E-state index contributed by atoms with van der Waals surface area (Å²) in [5.41, 5.74) is 3.61. The molecular formula is C9H7BrF3NO3. The van der Waals surface area contributed by atoms with E-state index in [0.29, 0.717) is 6.07 Å². The number of halogens is 4. The van der Waals surface area contributed by atoms with Gasteiger partial charge in [-0.25, -0.2) is 0 Å². The van der Waals surface area contributed by atoms with E-state index >= 15 is 0 Å². The van der Waals surface area contributed by atoms with Crippen molar-refractivity contribution in [2.75, 3.05) is 0 Å². The van der Waals surface area contributed by atoms with Gasteiger partial charge in [-0.1, -0.05) is 0 Å².